The van der Waals surface area contributed by atoms with Gasteiger partial charge in [-0.3, -0.25) is 4.79 Å². The maximum absolute atomic E-state index is 13.0. The van der Waals surface area contributed by atoms with Gasteiger partial charge in [0.1, 0.15) is 5.82 Å². The van der Waals surface area contributed by atoms with E-state index in [4.69, 9.17) is 4.52 Å². The SMILES string of the molecule is O=C(N[C@@H]1c2ccccc2C[C@@H]1O)c1cc(-c2ccc(F)cc2)on1. The summed E-state index contributed by atoms with van der Waals surface area (Å²) in [5.74, 6) is -0.412. The molecule has 2 N–H and O–H groups in total. The van der Waals surface area contributed by atoms with Crippen molar-refractivity contribution in [1.82, 2.24) is 10.5 Å². The summed E-state index contributed by atoms with van der Waals surface area (Å²) in [5.41, 5.74) is 2.66. The van der Waals surface area contributed by atoms with Crippen molar-refractivity contribution in [2.24, 2.45) is 0 Å². The average molecular weight is 338 g/mol. The third-order valence-electron chi connectivity index (χ3n) is 4.36. The molecule has 1 heterocycles. The van der Waals surface area contributed by atoms with Gasteiger partial charge in [0, 0.05) is 18.1 Å². The van der Waals surface area contributed by atoms with Crippen LogP contribution >= 0.6 is 0 Å². The average Bonchev–Trinajstić information content (AvgIpc) is 3.21. The van der Waals surface area contributed by atoms with Crippen molar-refractivity contribution in [3.05, 3.63) is 77.2 Å². The molecule has 1 amide bonds. The second kappa shape index (κ2) is 6.14. The fourth-order valence-electron chi connectivity index (χ4n) is 3.10. The number of fused-ring (bicyclic) bond motifs is 1. The number of carbonyl (C=O) groups excluding carboxylic acids is 1. The van der Waals surface area contributed by atoms with Crippen molar-refractivity contribution < 1.29 is 18.8 Å². The molecule has 5 nitrogen and oxygen atoms in total. The molecule has 0 aliphatic heterocycles. The van der Waals surface area contributed by atoms with E-state index in [1.165, 1.54) is 18.2 Å². The molecule has 6 heteroatoms. The number of rotatable bonds is 3. The van der Waals surface area contributed by atoms with Crippen LogP contribution in [-0.2, 0) is 6.42 Å². The minimum absolute atomic E-state index is 0.107. The van der Waals surface area contributed by atoms with Gasteiger partial charge in [0.05, 0.1) is 12.1 Å². The first-order valence-electron chi connectivity index (χ1n) is 7.91. The quantitative estimate of drug-likeness (QED) is 0.770. The Hall–Kier alpha value is -2.99. The van der Waals surface area contributed by atoms with E-state index < -0.39 is 18.1 Å². The van der Waals surface area contributed by atoms with Gasteiger partial charge in [0.25, 0.3) is 5.91 Å². The predicted octanol–water partition coefficient (Wildman–Crippen LogP) is 2.87. The minimum atomic E-state index is -0.676. The summed E-state index contributed by atoms with van der Waals surface area (Å²) >= 11 is 0. The van der Waals surface area contributed by atoms with E-state index in [2.05, 4.69) is 10.5 Å². The zero-order valence-corrected chi connectivity index (χ0v) is 13.1. The lowest BCUT2D eigenvalue weighted by Gasteiger charge is -2.16. The molecule has 3 aromatic rings. The number of hydrogen-bond acceptors (Lipinski definition) is 4. The number of nitrogens with one attached hydrogen (secondary N) is 1. The van der Waals surface area contributed by atoms with Crippen molar-refractivity contribution in [3.63, 3.8) is 0 Å². The summed E-state index contributed by atoms with van der Waals surface area (Å²) in [6.07, 6.45) is -0.175. The molecular formula is C19H15FN2O3. The Morgan fingerprint density at radius 1 is 1.20 bits per heavy atom. The highest BCUT2D eigenvalue weighted by Gasteiger charge is 2.32. The molecule has 2 atom stereocenters. The Balaban J connectivity index is 1.53. The lowest BCUT2D eigenvalue weighted by atomic mass is 10.1. The molecule has 0 spiro atoms. The van der Waals surface area contributed by atoms with Gasteiger partial charge in [-0.05, 0) is 35.4 Å². The van der Waals surface area contributed by atoms with Crippen LogP contribution in [0, 0.1) is 5.82 Å². The molecular weight excluding hydrogens is 323 g/mol. The molecule has 0 fully saturated rings. The molecule has 0 bridgehead atoms. The minimum Gasteiger partial charge on any atom is -0.390 e. The monoisotopic (exact) mass is 338 g/mol. The molecule has 1 aliphatic carbocycles. The van der Waals surface area contributed by atoms with Crippen LogP contribution in [0.5, 0.6) is 0 Å². The Bertz CT molecular complexity index is 920. The molecule has 0 radical (unpaired) electrons. The highest BCUT2D eigenvalue weighted by molar-refractivity contribution is 5.93. The summed E-state index contributed by atoms with van der Waals surface area (Å²) in [4.78, 5) is 12.5. The third-order valence-corrected chi connectivity index (χ3v) is 4.36. The lowest BCUT2D eigenvalue weighted by Crippen LogP contribution is -2.34. The maximum Gasteiger partial charge on any atom is 0.274 e. The molecule has 4 rings (SSSR count). The standard InChI is InChI=1S/C19H15FN2O3/c20-13-7-5-11(6-8-13)17-10-15(22-25-17)19(24)21-18-14-4-2-1-3-12(14)9-16(18)23/h1-8,10,16,18,23H,9H2,(H,21,24)/t16-,18+/m0/s1. The van der Waals surface area contributed by atoms with Gasteiger partial charge in [-0.25, -0.2) is 4.39 Å². The molecule has 2 aromatic carbocycles. The van der Waals surface area contributed by atoms with Crippen molar-refractivity contribution in [3.8, 4) is 11.3 Å². The van der Waals surface area contributed by atoms with Crippen LogP contribution in [0.25, 0.3) is 11.3 Å². The van der Waals surface area contributed by atoms with Crippen molar-refractivity contribution in [1.29, 1.82) is 0 Å². The van der Waals surface area contributed by atoms with E-state index in [9.17, 15) is 14.3 Å². The van der Waals surface area contributed by atoms with Crippen molar-refractivity contribution >= 4 is 5.91 Å². The van der Waals surface area contributed by atoms with Gasteiger partial charge in [-0.2, -0.15) is 0 Å². The number of amides is 1. The number of aromatic nitrogens is 1. The van der Waals surface area contributed by atoms with Gasteiger partial charge < -0.3 is 14.9 Å². The van der Waals surface area contributed by atoms with Crippen LogP contribution in [-0.4, -0.2) is 22.3 Å². The van der Waals surface area contributed by atoms with E-state index in [0.717, 1.165) is 11.1 Å². The van der Waals surface area contributed by atoms with Gasteiger partial charge in [0.15, 0.2) is 11.5 Å². The smallest absolute Gasteiger partial charge is 0.274 e. The summed E-state index contributed by atoms with van der Waals surface area (Å²) in [5, 5.41) is 16.8. The Kier molecular flexibility index (Phi) is 3.82. The summed E-state index contributed by atoms with van der Waals surface area (Å²) < 4.78 is 18.2. The van der Waals surface area contributed by atoms with Gasteiger partial charge in [-0.1, -0.05) is 29.4 Å². The summed E-state index contributed by atoms with van der Waals surface area (Å²) in [6, 6.07) is 14.3. The Morgan fingerprint density at radius 2 is 1.96 bits per heavy atom. The highest BCUT2D eigenvalue weighted by atomic mass is 19.1. The molecule has 126 valence electrons. The van der Waals surface area contributed by atoms with Crippen LogP contribution in [0.4, 0.5) is 4.39 Å². The molecule has 1 aliphatic rings. The largest absolute Gasteiger partial charge is 0.390 e. The third kappa shape index (κ3) is 2.92. The van der Waals surface area contributed by atoms with Crippen LogP contribution in [0.1, 0.15) is 27.7 Å². The topological polar surface area (TPSA) is 75.4 Å². The van der Waals surface area contributed by atoms with Crippen molar-refractivity contribution in [2.45, 2.75) is 18.6 Å². The molecule has 25 heavy (non-hydrogen) atoms. The molecule has 0 saturated heterocycles. The van der Waals surface area contributed by atoms with Crippen LogP contribution < -0.4 is 5.32 Å². The fourth-order valence-corrected chi connectivity index (χ4v) is 3.10. The lowest BCUT2D eigenvalue weighted by molar-refractivity contribution is 0.0849. The van der Waals surface area contributed by atoms with Crippen LogP contribution in [0.15, 0.2) is 59.1 Å². The first kappa shape index (κ1) is 15.5. The van der Waals surface area contributed by atoms with E-state index >= 15 is 0 Å². The van der Waals surface area contributed by atoms with E-state index in [-0.39, 0.29) is 11.5 Å². The van der Waals surface area contributed by atoms with Crippen molar-refractivity contribution in [2.75, 3.05) is 0 Å². The number of aliphatic hydroxyl groups excluding tert-OH is 1. The number of halogens is 1. The summed E-state index contributed by atoms with van der Waals surface area (Å²) in [6.45, 7) is 0. The second-order valence-corrected chi connectivity index (χ2v) is 6.00. The highest BCUT2D eigenvalue weighted by Crippen LogP contribution is 2.31. The van der Waals surface area contributed by atoms with Crippen LogP contribution in [0.2, 0.25) is 0 Å². The first-order valence-corrected chi connectivity index (χ1v) is 7.91. The van der Waals surface area contributed by atoms with E-state index in [0.29, 0.717) is 17.7 Å². The second-order valence-electron chi connectivity index (χ2n) is 6.00. The fraction of sp³-hybridized carbons (Fsp3) is 0.158. The number of benzene rings is 2. The molecule has 0 saturated carbocycles. The summed E-state index contributed by atoms with van der Waals surface area (Å²) in [7, 11) is 0. The molecule has 0 unspecified atom stereocenters. The van der Waals surface area contributed by atoms with Crippen LogP contribution in [0.3, 0.4) is 0 Å². The zero-order valence-electron chi connectivity index (χ0n) is 13.1. The van der Waals surface area contributed by atoms with E-state index in [1.807, 2.05) is 24.3 Å². The van der Waals surface area contributed by atoms with Gasteiger partial charge in [0.2, 0.25) is 0 Å². The molecule has 1 aromatic heterocycles. The zero-order chi connectivity index (χ0) is 17.4. The first-order chi connectivity index (χ1) is 12.1. The Labute approximate surface area is 143 Å². The van der Waals surface area contributed by atoms with Gasteiger partial charge in [-0.15, -0.1) is 0 Å². The van der Waals surface area contributed by atoms with Gasteiger partial charge >= 0.3 is 0 Å². The normalized spacial score (nSPS) is 18.8. The van der Waals surface area contributed by atoms with E-state index in [1.54, 1.807) is 12.1 Å². The number of aliphatic hydroxyl groups is 1. The number of hydrogen-bond donors (Lipinski definition) is 2. The Morgan fingerprint density at radius 3 is 2.76 bits per heavy atom. The predicted molar refractivity (Wildman–Crippen MR) is 88.3 cm³/mol. The maximum atomic E-state index is 13.0. The number of nitrogens with zero attached hydrogens (tertiary/aromatic N) is 1. The number of carbonyl (C=O) groups is 1.